The van der Waals surface area contributed by atoms with Gasteiger partial charge in [-0.15, -0.1) is 0 Å². The third-order valence-corrected chi connectivity index (χ3v) is 4.34. The number of nitrogens with zero attached hydrogens (tertiary/aromatic N) is 1. The molecule has 14 heavy (non-hydrogen) atoms. The normalized spacial score (nSPS) is 39.9. The number of rotatable bonds is 0. The second-order valence-corrected chi connectivity index (χ2v) is 6.69. The van der Waals surface area contributed by atoms with Gasteiger partial charge in [0, 0.05) is 12.1 Å². The maximum atomic E-state index is 2.69. The highest BCUT2D eigenvalue weighted by Gasteiger charge is 2.44. The van der Waals surface area contributed by atoms with E-state index >= 15 is 0 Å². The van der Waals surface area contributed by atoms with Crippen molar-refractivity contribution in [3.05, 3.63) is 0 Å². The Kier molecular flexibility index (Phi) is 2.42. The Morgan fingerprint density at radius 1 is 1.21 bits per heavy atom. The molecule has 1 saturated carbocycles. The van der Waals surface area contributed by atoms with E-state index in [-0.39, 0.29) is 0 Å². The molecule has 0 radical (unpaired) electrons. The summed E-state index contributed by atoms with van der Waals surface area (Å²) in [5.41, 5.74) is 1.10. The Labute approximate surface area is 88.9 Å². The fourth-order valence-electron chi connectivity index (χ4n) is 3.37. The molecule has 0 aromatic carbocycles. The summed E-state index contributed by atoms with van der Waals surface area (Å²) in [7, 11) is 0. The van der Waals surface area contributed by atoms with E-state index in [9.17, 15) is 0 Å². The Morgan fingerprint density at radius 2 is 1.93 bits per heavy atom. The second kappa shape index (κ2) is 3.23. The van der Waals surface area contributed by atoms with Crippen LogP contribution in [0.3, 0.4) is 0 Å². The first kappa shape index (κ1) is 10.5. The SMILES string of the molecule is CC1CCC2(CCN(C(C)(C)C)C2)C1. The zero-order chi connectivity index (χ0) is 10.4. The van der Waals surface area contributed by atoms with Crippen LogP contribution in [-0.2, 0) is 0 Å². The van der Waals surface area contributed by atoms with Gasteiger partial charge in [0.25, 0.3) is 0 Å². The fourth-order valence-corrected chi connectivity index (χ4v) is 3.37. The minimum Gasteiger partial charge on any atom is -0.298 e. The van der Waals surface area contributed by atoms with Crippen molar-refractivity contribution in [3.8, 4) is 0 Å². The van der Waals surface area contributed by atoms with Crippen LogP contribution in [0.25, 0.3) is 0 Å². The van der Waals surface area contributed by atoms with E-state index in [1.165, 1.54) is 38.8 Å². The standard InChI is InChI=1S/C13H25N/c1-11-5-6-13(9-11)7-8-14(10-13)12(2,3)4/h11H,5-10H2,1-4H3. The molecule has 2 unspecified atom stereocenters. The summed E-state index contributed by atoms with van der Waals surface area (Å²) in [4.78, 5) is 2.69. The maximum Gasteiger partial charge on any atom is 0.0125 e. The van der Waals surface area contributed by atoms with Crippen molar-refractivity contribution in [2.24, 2.45) is 11.3 Å². The van der Waals surface area contributed by atoms with Gasteiger partial charge in [0.05, 0.1) is 0 Å². The zero-order valence-electron chi connectivity index (χ0n) is 10.3. The van der Waals surface area contributed by atoms with Crippen molar-refractivity contribution in [2.45, 2.75) is 58.9 Å². The topological polar surface area (TPSA) is 3.24 Å². The van der Waals surface area contributed by atoms with Crippen LogP contribution in [0.15, 0.2) is 0 Å². The second-order valence-electron chi connectivity index (χ2n) is 6.69. The predicted octanol–water partition coefficient (Wildman–Crippen LogP) is 3.30. The van der Waals surface area contributed by atoms with Gasteiger partial charge in [0.15, 0.2) is 0 Å². The Morgan fingerprint density at radius 3 is 2.36 bits per heavy atom. The molecule has 0 amide bonds. The van der Waals surface area contributed by atoms with Crippen molar-refractivity contribution < 1.29 is 0 Å². The van der Waals surface area contributed by atoms with Crippen LogP contribution in [0.2, 0.25) is 0 Å². The van der Waals surface area contributed by atoms with E-state index in [1.54, 1.807) is 0 Å². The molecular weight excluding hydrogens is 170 g/mol. The Bertz CT molecular complexity index is 216. The molecule has 1 aliphatic carbocycles. The van der Waals surface area contributed by atoms with E-state index in [1.807, 2.05) is 0 Å². The molecule has 1 spiro atoms. The highest BCUT2D eigenvalue weighted by atomic mass is 15.2. The molecule has 1 nitrogen and oxygen atoms in total. The molecule has 0 N–H and O–H groups in total. The molecule has 82 valence electrons. The van der Waals surface area contributed by atoms with Gasteiger partial charge in [-0.1, -0.05) is 13.3 Å². The Balaban J connectivity index is 2.01. The first-order valence-corrected chi connectivity index (χ1v) is 6.16. The average molecular weight is 195 g/mol. The van der Waals surface area contributed by atoms with Gasteiger partial charge >= 0.3 is 0 Å². The molecule has 0 aromatic rings. The van der Waals surface area contributed by atoms with Gasteiger partial charge < -0.3 is 0 Å². The largest absolute Gasteiger partial charge is 0.298 e. The van der Waals surface area contributed by atoms with Crippen LogP contribution in [0.5, 0.6) is 0 Å². The van der Waals surface area contributed by atoms with E-state index in [4.69, 9.17) is 0 Å². The smallest absolute Gasteiger partial charge is 0.0125 e. The average Bonchev–Trinajstić information content (AvgIpc) is 2.59. The highest BCUT2D eigenvalue weighted by Crippen LogP contribution is 2.49. The van der Waals surface area contributed by atoms with Gasteiger partial charge in [-0.05, 0) is 57.9 Å². The third-order valence-electron chi connectivity index (χ3n) is 4.34. The predicted molar refractivity (Wildman–Crippen MR) is 61.4 cm³/mol. The molecule has 2 atom stereocenters. The molecule has 1 saturated heterocycles. The number of hydrogen-bond acceptors (Lipinski definition) is 1. The molecule has 0 aromatic heterocycles. The molecule has 1 heteroatoms. The fraction of sp³-hybridized carbons (Fsp3) is 1.00. The summed E-state index contributed by atoms with van der Waals surface area (Å²) in [6.45, 7) is 12.2. The molecule has 2 aliphatic rings. The van der Waals surface area contributed by atoms with Crippen molar-refractivity contribution in [1.82, 2.24) is 4.90 Å². The van der Waals surface area contributed by atoms with Gasteiger partial charge in [-0.25, -0.2) is 0 Å². The van der Waals surface area contributed by atoms with Crippen LogP contribution in [0.4, 0.5) is 0 Å². The maximum absolute atomic E-state index is 2.69. The van der Waals surface area contributed by atoms with Crippen molar-refractivity contribution in [3.63, 3.8) is 0 Å². The third kappa shape index (κ3) is 1.84. The molecule has 2 fully saturated rings. The van der Waals surface area contributed by atoms with Crippen molar-refractivity contribution >= 4 is 0 Å². The van der Waals surface area contributed by atoms with Crippen LogP contribution in [-0.4, -0.2) is 23.5 Å². The molecular formula is C13H25N. The Hall–Kier alpha value is -0.0400. The first-order valence-electron chi connectivity index (χ1n) is 6.16. The van der Waals surface area contributed by atoms with Gasteiger partial charge in [0.2, 0.25) is 0 Å². The van der Waals surface area contributed by atoms with Crippen molar-refractivity contribution in [2.75, 3.05) is 13.1 Å². The first-order chi connectivity index (χ1) is 6.41. The number of hydrogen-bond donors (Lipinski definition) is 0. The summed E-state index contributed by atoms with van der Waals surface area (Å²) in [6.07, 6.45) is 5.90. The zero-order valence-corrected chi connectivity index (χ0v) is 10.3. The number of likely N-dealkylation sites (tertiary alicyclic amines) is 1. The molecule has 2 rings (SSSR count). The van der Waals surface area contributed by atoms with E-state index in [0.29, 0.717) is 11.0 Å². The molecule has 0 bridgehead atoms. The van der Waals surface area contributed by atoms with Crippen molar-refractivity contribution in [1.29, 1.82) is 0 Å². The summed E-state index contributed by atoms with van der Waals surface area (Å²) in [5, 5.41) is 0. The minimum atomic E-state index is 0.384. The van der Waals surface area contributed by atoms with Gasteiger partial charge in [0.1, 0.15) is 0 Å². The van der Waals surface area contributed by atoms with Crippen LogP contribution in [0.1, 0.15) is 53.4 Å². The summed E-state index contributed by atoms with van der Waals surface area (Å²) in [6, 6.07) is 0. The summed E-state index contributed by atoms with van der Waals surface area (Å²) >= 11 is 0. The van der Waals surface area contributed by atoms with E-state index < -0.39 is 0 Å². The van der Waals surface area contributed by atoms with E-state index in [2.05, 4.69) is 32.6 Å². The lowest BCUT2D eigenvalue weighted by molar-refractivity contribution is 0.148. The lowest BCUT2D eigenvalue weighted by atomic mass is 9.84. The van der Waals surface area contributed by atoms with Gasteiger partial charge in [-0.3, -0.25) is 4.90 Å². The lowest BCUT2D eigenvalue weighted by Gasteiger charge is -2.33. The lowest BCUT2D eigenvalue weighted by Crippen LogP contribution is -2.40. The molecule has 1 heterocycles. The molecule has 1 aliphatic heterocycles. The minimum absolute atomic E-state index is 0.384. The van der Waals surface area contributed by atoms with Gasteiger partial charge in [-0.2, -0.15) is 0 Å². The van der Waals surface area contributed by atoms with Crippen LogP contribution < -0.4 is 0 Å². The van der Waals surface area contributed by atoms with Crippen LogP contribution >= 0.6 is 0 Å². The summed E-state index contributed by atoms with van der Waals surface area (Å²) < 4.78 is 0. The summed E-state index contributed by atoms with van der Waals surface area (Å²) in [5.74, 6) is 0.981. The monoisotopic (exact) mass is 195 g/mol. The quantitative estimate of drug-likeness (QED) is 0.573. The highest BCUT2D eigenvalue weighted by molar-refractivity contribution is 4.98. The van der Waals surface area contributed by atoms with E-state index in [0.717, 1.165) is 5.92 Å². The van der Waals surface area contributed by atoms with Crippen LogP contribution in [0, 0.1) is 11.3 Å².